The molecule has 8 nitrogen and oxygen atoms in total. The van der Waals surface area contributed by atoms with Crippen LogP contribution in [0.5, 0.6) is 11.5 Å². The van der Waals surface area contributed by atoms with Crippen molar-refractivity contribution in [3.8, 4) is 11.5 Å². The summed E-state index contributed by atoms with van der Waals surface area (Å²) >= 11 is 0. The van der Waals surface area contributed by atoms with Gasteiger partial charge in [0.25, 0.3) is 0 Å². The standard InChI is InChI=1S/C15H15N3O5/c1-22-12-6-2-4-10(13(12)19)8-17-18-15(21)14(20)16-9-11-5-3-7-23-11/h2-8,19H,9H2,1H3,(H,16,20)(H,18,21)/b17-8+. The summed E-state index contributed by atoms with van der Waals surface area (Å²) in [6.07, 6.45) is 2.67. The van der Waals surface area contributed by atoms with Crippen molar-refractivity contribution in [3.63, 3.8) is 0 Å². The second-order valence-electron chi connectivity index (χ2n) is 4.36. The summed E-state index contributed by atoms with van der Waals surface area (Å²) in [5.41, 5.74) is 2.40. The zero-order valence-electron chi connectivity index (χ0n) is 12.3. The Balaban J connectivity index is 1.87. The maximum Gasteiger partial charge on any atom is 0.329 e. The van der Waals surface area contributed by atoms with E-state index in [1.54, 1.807) is 30.3 Å². The number of benzene rings is 1. The highest BCUT2D eigenvalue weighted by molar-refractivity contribution is 6.35. The Kier molecular flexibility index (Phi) is 5.35. The molecule has 1 aromatic heterocycles. The summed E-state index contributed by atoms with van der Waals surface area (Å²) in [6, 6.07) is 8.14. The van der Waals surface area contributed by atoms with Gasteiger partial charge < -0.3 is 19.6 Å². The number of phenols is 1. The molecule has 0 aliphatic heterocycles. The number of nitrogens with one attached hydrogen (secondary N) is 2. The van der Waals surface area contributed by atoms with Gasteiger partial charge in [-0.3, -0.25) is 9.59 Å². The number of hydrogen-bond donors (Lipinski definition) is 3. The second-order valence-corrected chi connectivity index (χ2v) is 4.36. The molecule has 2 amide bonds. The van der Waals surface area contributed by atoms with E-state index in [1.807, 2.05) is 0 Å². The molecule has 3 N–H and O–H groups in total. The van der Waals surface area contributed by atoms with E-state index in [0.717, 1.165) is 0 Å². The minimum absolute atomic E-state index is 0.0969. The molecule has 120 valence electrons. The van der Waals surface area contributed by atoms with E-state index in [2.05, 4.69) is 15.8 Å². The maximum absolute atomic E-state index is 11.5. The van der Waals surface area contributed by atoms with E-state index in [1.165, 1.54) is 19.6 Å². The van der Waals surface area contributed by atoms with Crippen LogP contribution in [0.2, 0.25) is 0 Å². The van der Waals surface area contributed by atoms with E-state index >= 15 is 0 Å². The zero-order chi connectivity index (χ0) is 16.7. The fourth-order valence-corrected chi connectivity index (χ4v) is 1.68. The van der Waals surface area contributed by atoms with Crippen LogP contribution in [0.1, 0.15) is 11.3 Å². The number of ether oxygens (including phenoxy) is 1. The lowest BCUT2D eigenvalue weighted by Gasteiger charge is -2.05. The van der Waals surface area contributed by atoms with Crippen LogP contribution in [0.25, 0.3) is 0 Å². The van der Waals surface area contributed by atoms with E-state index < -0.39 is 11.8 Å². The van der Waals surface area contributed by atoms with Crippen LogP contribution in [-0.2, 0) is 16.1 Å². The molecule has 0 spiro atoms. The Morgan fingerprint density at radius 3 is 2.83 bits per heavy atom. The van der Waals surface area contributed by atoms with Crippen LogP contribution in [0.4, 0.5) is 0 Å². The monoisotopic (exact) mass is 317 g/mol. The van der Waals surface area contributed by atoms with Crippen LogP contribution >= 0.6 is 0 Å². The van der Waals surface area contributed by atoms with E-state index in [9.17, 15) is 14.7 Å². The first-order valence-electron chi connectivity index (χ1n) is 6.61. The fourth-order valence-electron chi connectivity index (χ4n) is 1.68. The van der Waals surface area contributed by atoms with Gasteiger partial charge in [0.2, 0.25) is 0 Å². The third kappa shape index (κ3) is 4.34. The summed E-state index contributed by atoms with van der Waals surface area (Å²) < 4.78 is 9.97. The Hall–Kier alpha value is -3.29. The van der Waals surface area contributed by atoms with E-state index in [4.69, 9.17) is 9.15 Å². The highest BCUT2D eigenvalue weighted by atomic mass is 16.5. The molecule has 0 atom stereocenters. The highest BCUT2D eigenvalue weighted by Gasteiger charge is 2.12. The van der Waals surface area contributed by atoms with Crippen molar-refractivity contribution in [1.29, 1.82) is 0 Å². The van der Waals surface area contributed by atoms with Gasteiger partial charge >= 0.3 is 11.8 Å². The number of rotatable bonds is 5. The number of hydrazone groups is 1. The molecular formula is C15H15N3O5. The molecule has 2 aromatic rings. The van der Waals surface area contributed by atoms with Crippen molar-refractivity contribution in [2.45, 2.75) is 6.54 Å². The number of carbonyl (C=O) groups is 2. The number of nitrogens with zero attached hydrogens (tertiary/aromatic N) is 1. The molecule has 23 heavy (non-hydrogen) atoms. The quantitative estimate of drug-likeness (QED) is 0.428. The summed E-state index contributed by atoms with van der Waals surface area (Å²) in [5.74, 6) is -1.11. The predicted molar refractivity (Wildman–Crippen MR) is 81.0 cm³/mol. The molecular weight excluding hydrogens is 302 g/mol. The lowest BCUT2D eigenvalue weighted by molar-refractivity contribution is -0.139. The number of furan rings is 1. The average Bonchev–Trinajstić information content (AvgIpc) is 3.07. The van der Waals surface area contributed by atoms with Gasteiger partial charge in [0, 0.05) is 5.56 Å². The van der Waals surface area contributed by atoms with Gasteiger partial charge in [0.05, 0.1) is 26.1 Å². The van der Waals surface area contributed by atoms with Crippen molar-refractivity contribution in [1.82, 2.24) is 10.7 Å². The number of hydrogen-bond acceptors (Lipinski definition) is 6. The van der Waals surface area contributed by atoms with Crippen LogP contribution < -0.4 is 15.5 Å². The molecule has 0 fully saturated rings. The highest BCUT2D eigenvalue weighted by Crippen LogP contribution is 2.27. The van der Waals surface area contributed by atoms with Gasteiger partial charge in [-0.25, -0.2) is 5.43 Å². The molecule has 0 saturated carbocycles. The summed E-state index contributed by atoms with van der Waals surface area (Å²) in [7, 11) is 1.42. The van der Waals surface area contributed by atoms with Crippen LogP contribution in [0.3, 0.4) is 0 Å². The van der Waals surface area contributed by atoms with Crippen molar-refractivity contribution < 1.29 is 23.8 Å². The second kappa shape index (κ2) is 7.64. The van der Waals surface area contributed by atoms with Gasteiger partial charge in [0.15, 0.2) is 11.5 Å². The molecule has 0 saturated heterocycles. The SMILES string of the molecule is COc1cccc(/C=N/NC(=O)C(=O)NCc2ccco2)c1O. The van der Waals surface area contributed by atoms with Gasteiger partial charge in [-0.15, -0.1) is 0 Å². The lowest BCUT2D eigenvalue weighted by atomic mass is 10.2. The van der Waals surface area contributed by atoms with E-state index in [-0.39, 0.29) is 18.0 Å². The van der Waals surface area contributed by atoms with Crippen molar-refractivity contribution in [3.05, 3.63) is 47.9 Å². The first-order chi connectivity index (χ1) is 11.1. The van der Waals surface area contributed by atoms with Crippen molar-refractivity contribution in [2.75, 3.05) is 7.11 Å². The minimum Gasteiger partial charge on any atom is -0.504 e. The molecule has 8 heteroatoms. The first-order valence-corrected chi connectivity index (χ1v) is 6.61. The number of carbonyl (C=O) groups excluding carboxylic acids is 2. The molecule has 1 aromatic carbocycles. The van der Waals surface area contributed by atoms with Gasteiger partial charge in [-0.2, -0.15) is 5.10 Å². The normalized spacial score (nSPS) is 10.5. The van der Waals surface area contributed by atoms with Gasteiger partial charge in [-0.05, 0) is 24.3 Å². The van der Waals surface area contributed by atoms with Gasteiger partial charge in [0.1, 0.15) is 5.76 Å². The lowest BCUT2D eigenvalue weighted by Crippen LogP contribution is -2.37. The number of phenolic OH excluding ortho intramolecular Hbond substituents is 1. The Morgan fingerprint density at radius 2 is 2.13 bits per heavy atom. The van der Waals surface area contributed by atoms with E-state index in [0.29, 0.717) is 11.3 Å². The largest absolute Gasteiger partial charge is 0.504 e. The third-order valence-corrected chi connectivity index (χ3v) is 2.83. The molecule has 0 radical (unpaired) electrons. The van der Waals surface area contributed by atoms with Crippen LogP contribution in [0, 0.1) is 0 Å². The summed E-state index contributed by atoms with van der Waals surface area (Å²) in [5, 5.41) is 15.8. The first kappa shape index (κ1) is 16.1. The molecule has 2 rings (SSSR count). The smallest absolute Gasteiger partial charge is 0.329 e. The molecule has 0 unspecified atom stereocenters. The molecule has 0 aliphatic rings. The Bertz CT molecular complexity index is 710. The topological polar surface area (TPSA) is 113 Å². The zero-order valence-corrected chi connectivity index (χ0v) is 12.3. The number of amides is 2. The van der Waals surface area contributed by atoms with Gasteiger partial charge in [-0.1, -0.05) is 6.07 Å². The fraction of sp³-hybridized carbons (Fsp3) is 0.133. The third-order valence-electron chi connectivity index (χ3n) is 2.83. The average molecular weight is 317 g/mol. The molecule has 0 aliphatic carbocycles. The summed E-state index contributed by atoms with van der Waals surface area (Å²) in [6.45, 7) is 0.0969. The molecule has 0 bridgehead atoms. The number of methoxy groups -OCH3 is 1. The predicted octanol–water partition coefficient (Wildman–Crippen LogP) is 0.760. The number of para-hydroxylation sites is 1. The van der Waals surface area contributed by atoms with Crippen LogP contribution in [-0.4, -0.2) is 30.2 Å². The Morgan fingerprint density at radius 1 is 1.30 bits per heavy atom. The Labute approximate surface area is 131 Å². The minimum atomic E-state index is -0.935. The van der Waals surface area contributed by atoms with Crippen LogP contribution in [0.15, 0.2) is 46.1 Å². The summed E-state index contributed by atoms with van der Waals surface area (Å²) in [4.78, 5) is 23.1. The van der Waals surface area contributed by atoms with Crippen molar-refractivity contribution >= 4 is 18.0 Å². The van der Waals surface area contributed by atoms with Crippen molar-refractivity contribution in [2.24, 2.45) is 5.10 Å². The maximum atomic E-state index is 11.5. The number of aromatic hydroxyl groups is 1. The molecule has 1 heterocycles.